The third-order valence-electron chi connectivity index (χ3n) is 5.06. The minimum Gasteiger partial charge on any atom is -0.338 e. The molecule has 1 aliphatic carbocycles. The van der Waals surface area contributed by atoms with Gasteiger partial charge in [-0.2, -0.15) is 13.2 Å². The second kappa shape index (κ2) is 8.35. The van der Waals surface area contributed by atoms with E-state index in [9.17, 15) is 13.2 Å². The molecule has 2 aromatic heterocycles. The Kier molecular flexibility index (Phi) is 6.08. The minimum atomic E-state index is -4.49. The number of allylic oxidation sites excluding steroid dienone is 1. The predicted octanol–water partition coefficient (Wildman–Crippen LogP) is 6.66. The fourth-order valence-corrected chi connectivity index (χ4v) is 3.69. The first-order chi connectivity index (χ1) is 13.0. The molecule has 0 saturated heterocycles. The van der Waals surface area contributed by atoms with Crippen molar-refractivity contribution >= 4 is 29.5 Å². The number of imidazole rings is 1. The number of nitrogens with zero attached hydrogens (tertiary/aromatic N) is 2. The summed E-state index contributed by atoms with van der Waals surface area (Å²) in [6, 6.07) is 8.06. The first kappa shape index (κ1) is 20.4. The highest BCUT2D eigenvalue weighted by atomic mass is 35.5. The van der Waals surface area contributed by atoms with Gasteiger partial charge in [-0.1, -0.05) is 37.5 Å². The van der Waals surface area contributed by atoms with Gasteiger partial charge in [0.1, 0.15) is 5.82 Å². The average Bonchev–Trinajstić information content (AvgIpc) is 3.08. The maximum absolute atomic E-state index is 13.2. The largest absolute Gasteiger partial charge is 0.433 e. The SMILES string of the molecule is Cl.FC(F)(F)c1ncccc1-c1ccc2nc(/C=C/C3CCCCC3)[nH]c2c1. The summed E-state index contributed by atoms with van der Waals surface area (Å²) in [6.45, 7) is 0. The highest BCUT2D eigenvalue weighted by Crippen LogP contribution is 2.36. The Labute approximate surface area is 167 Å². The van der Waals surface area contributed by atoms with E-state index in [1.54, 1.807) is 18.2 Å². The van der Waals surface area contributed by atoms with Crippen molar-refractivity contribution in [2.45, 2.75) is 38.3 Å². The number of nitrogens with one attached hydrogen (secondary N) is 1. The monoisotopic (exact) mass is 407 g/mol. The van der Waals surface area contributed by atoms with Crippen molar-refractivity contribution in [3.8, 4) is 11.1 Å². The number of fused-ring (bicyclic) bond motifs is 1. The van der Waals surface area contributed by atoms with Crippen molar-refractivity contribution in [1.82, 2.24) is 15.0 Å². The lowest BCUT2D eigenvalue weighted by atomic mass is 9.89. The normalized spacial score (nSPS) is 15.8. The summed E-state index contributed by atoms with van der Waals surface area (Å²) in [6.07, 6.45) is 7.12. The van der Waals surface area contributed by atoms with Crippen LogP contribution in [0, 0.1) is 5.92 Å². The Hall–Kier alpha value is -2.34. The van der Waals surface area contributed by atoms with E-state index in [4.69, 9.17) is 0 Å². The summed E-state index contributed by atoms with van der Waals surface area (Å²) in [5.41, 5.74) is 1.11. The van der Waals surface area contributed by atoms with Gasteiger partial charge in [-0.15, -0.1) is 12.4 Å². The Morgan fingerprint density at radius 1 is 1.07 bits per heavy atom. The van der Waals surface area contributed by atoms with E-state index in [1.807, 2.05) is 6.08 Å². The lowest BCUT2D eigenvalue weighted by molar-refractivity contribution is -0.140. The van der Waals surface area contributed by atoms with Crippen LogP contribution in [-0.4, -0.2) is 15.0 Å². The van der Waals surface area contributed by atoms with Gasteiger partial charge in [0.15, 0.2) is 5.69 Å². The number of pyridine rings is 1. The maximum Gasteiger partial charge on any atom is 0.433 e. The van der Waals surface area contributed by atoms with Gasteiger partial charge >= 0.3 is 6.18 Å². The lowest BCUT2D eigenvalue weighted by Crippen LogP contribution is -2.09. The smallest absolute Gasteiger partial charge is 0.338 e. The predicted molar refractivity (Wildman–Crippen MR) is 107 cm³/mol. The number of hydrogen-bond acceptors (Lipinski definition) is 2. The molecule has 1 aromatic carbocycles. The molecule has 7 heteroatoms. The summed E-state index contributed by atoms with van der Waals surface area (Å²) < 4.78 is 39.7. The van der Waals surface area contributed by atoms with Crippen LogP contribution in [0.3, 0.4) is 0 Å². The summed E-state index contributed by atoms with van der Waals surface area (Å²) in [5.74, 6) is 1.32. The number of benzene rings is 1. The second-order valence-electron chi connectivity index (χ2n) is 7.01. The highest BCUT2D eigenvalue weighted by molar-refractivity contribution is 5.85. The van der Waals surface area contributed by atoms with Gasteiger partial charge < -0.3 is 4.98 Å². The first-order valence-corrected chi connectivity index (χ1v) is 9.21. The number of rotatable bonds is 3. The number of alkyl halides is 3. The molecule has 28 heavy (non-hydrogen) atoms. The number of hydrogen-bond donors (Lipinski definition) is 1. The summed E-state index contributed by atoms with van der Waals surface area (Å²) in [4.78, 5) is 11.3. The average molecular weight is 408 g/mol. The molecule has 1 saturated carbocycles. The van der Waals surface area contributed by atoms with Crippen molar-refractivity contribution in [2.75, 3.05) is 0 Å². The van der Waals surface area contributed by atoms with Gasteiger partial charge in [0.25, 0.3) is 0 Å². The Morgan fingerprint density at radius 3 is 2.61 bits per heavy atom. The second-order valence-corrected chi connectivity index (χ2v) is 7.01. The van der Waals surface area contributed by atoms with Crippen LogP contribution >= 0.6 is 12.4 Å². The van der Waals surface area contributed by atoms with Crippen LogP contribution in [0.2, 0.25) is 0 Å². The maximum atomic E-state index is 13.2. The van der Waals surface area contributed by atoms with E-state index in [1.165, 1.54) is 44.2 Å². The number of aromatic amines is 1. The van der Waals surface area contributed by atoms with Crippen LogP contribution in [0.5, 0.6) is 0 Å². The van der Waals surface area contributed by atoms with Gasteiger partial charge in [0, 0.05) is 11.8 Å². The molecule has 3 nitrogen and oxygen atoms in total. The fraction of sp³-hybridized carbons (Fsp3) is 0.333. The molecule has 0 bridgehead atoms. The van der Waals surface area contributed by atoms with E-state index in [0.717, 1.165) is 17.5 Å². The van der Waals surface area contributed by atoms with E-state index in [-0.39, 0.29) is 18.0 Å². The summed E-state index contributed by atoms with van der Waals surface area (Å²) in [7, 11) is 0. The van der Waals surface area contributed by atoms with E-state index >= 15 is 0 Å². The van der Waals surface area contributed by atoms with Gasteiger partial charge in [0.2, 0.25) is 0 Å². The van der Waals surface area contributed by atoms with Crippen molar-refractivity contribution in [3.05, 3.63) is 54.1 Å². The van der Waals surface area contributed by atoms with Gasteiger partial charge in [0.05, 0.1) is 11.0 Å². The fourth-order valence-electron chi connectivity index (χ4n) is 3.69. The van der Waals surface area contributed by atoms with Gasteiger partial charge in [-0.25, -0.2) is 4.98 Å². The zero-order valence-electron chi connectivity index (χ0n) is 15.2. The van der Waals surface area contributed by atoms with Crippen LogP contribution < -0.4 is 0 Å². The molecule has 0 radical (unpaired) electrons. The van der Waals surface area contributed by atoms with Crippen LogP contribution in [0.25, 0.3) is 28.2 Å². The van der Waals surface area contributed by atoms with Crippen LogP contribution in [0.4, 0.5) is 13.2 Å². The number of halogens is 4. The standard InChI is InChI=1S/C21H20F3N3.ClH/c22-21(23,24)20-16(7-4-12-25-20)15-9-10-17-18(13-15)27-19(26-17)11-8-14-5-2-1-3-6-14;/h4,7-14H,1-3,5-6H2,(H,26,27);1H/b11-8+;. The highest BCUT2D eigenvalue weighted by Gasteiger charge is 2.35. The molecule has 2 heterocycles. The van der Waals surface area contributed by atoms with Crippen molar-refractivity contribution < 1.29 is 13.2 Å². The summed E-state index contributed by atoms with van der Waals surface area (Å²) >= 11 is 0. The van der Waals surface area contributed by atoms with Crippen molar-refractivity contribution in [1.29, 1.82) is 0 Å². The number of aromatic nitrogens is 3. The minimum absolute atomic E-state index is 0. The van der Waals surface area contributed by atoms with Gasteiger partial charge in [-0.3, -0.25) is 4.98 Å². The summed E-state index contributed by atoms with van der Waals surface area (Å²) in [5, 5.41) is 0. The Morgan fingerprint density at radius 2 is 1.86 bits per heavy atom. The van der Waals surface area contributed by atoms with Gasteiger partial charge in [-0.05, 0) is 48.6 Å². The Bertz CT molecular complexity index is 972. The molecule has 0 atom stereocenters. The molecule has 0 unspecified atom stereocenters. The molecule has 0 spiro atoms. The molecule has 0 amide bonds. The van der Waals surface area contributed by atoms with Crippen molar-refractivity contribution in [2.24, 2.45) is 5.92 Å². The van der Waals surface area contributed by atoms with Crippen molar-refractivity contribution in [3.63, 3.8) is 0 Å². The topological polar surface area (TPSA) is 41.6 Å². The molecule has 1 fully saturated rings. The molecule has 148 valence electrons. The molecule has 1 N–H and O–H groups in total. The lowest BCUT2D eigenvalue weighted by Gasteiger charge is -2.17. The van der Waals surface area contributed by atoms with Crippen LogP contribution in [-0.2, 0) is 6.18 Å². The third kappa shape index (κ3) is 4.38. The van der Waals surface area contributed by atoms with E-state index in [2.05, 4.69) is 21.0 Å². The zero-order chi connectivity index (χ0) is 18.9. The third-order valence-corrected chi connectivity index (χ3v) is 5.06. The molecule has 1 aliphatic rings. The van der Waals surface area contributed by atoms with E-state index < -0.39 is 11.9 Å². The quantitative estimate of drug-likeness (QED) is 0.527. The van der Waals surface area contributed by atoms with E-state index in [0.29, 0.717) is 17.0 Å². The Balaban J connectivity index is 0.00000225. The molecular weight excluding hydrogens is 387 g/mol. The molecule has 4 rings (SSSR count). The van der Waals surface area contributed by atoms with Crippen LogP contribution in [0.15, 0.2) is 42.6 Å². The van der Waals surface area contributed by atoms with Crippen LogP contribution in [0.1, 0.15) is 43.6 Å². The number of H-pyrrole nitrogens is 1. The molecule has 0 aliphatic heterocycles. The first-order valence-electron chi connectivity index (χ1n) is 9.21. The molecule has 3 aromatic rings. The molecular formula is C21H21ClF3N3. The zero-order valence-corrected chi connectivity index (χ0v) is 16.0.